The molecule has 0 bridgehead atoms. The fraction of sp³-hybridized carbons (Fsp3) is 0.680. The van der Waals surface area contributed by atoms with Crippen LogP contribution in [0.2, 0.25) is 0 Å². The fourth-order valence-electron chi connectivity index (χ4n) is 3.55. The zero-order valence-electron chi connectivity index (χ0n) is 20.3. The van der Waals surface area contributed by atoms with Gasteiger partial charge in [-0.2, -0.15) is 0 Å². The van der Waals surface area contributed by atoms with E-state index >= 15 is 0 Å². The highest BCUT2D eigenvalue weighted by molar-refractivity contribution is 5.98. The highest BCUT2D eigenvalue weighted by atomic mass is 16.6. The number of unbranched alkanes of at least 4 members (excludes halogenated alkanes) is 6. The third kappa shape index (κ3) is 9.68. The summed E-state index contributed by atoms with van der Waals surface area (Å²) >= 11 is 0. The van der Waals surface area contributed by atoms with Crippen LogP contribution in [0, 0.1) is 5.92 Å². The van der Waals surface area contributed by atoms with E-state index in [9.17, 15) is 35.1 Å². The van der Waals surface area contributed by atoms with E-state index in [2.05, 4.69) is 6.92 Å². The monoisotopic (exact) mass is 483 g/mol. The summed E-state index contributed by atoms with van der Waals surface area (Å²) < 4.78 is 5.27. The van der Waals surface area contributed by atoms with Crippen LogP contribution in [0.4, 0.5) is 0 Å². The molecule has 1 rings (SSSR count). The molecule has 2 atom stereocenters. The molecule has 0 aliphatic rings. The Morgan fingerprint density at radius 2 is 1.47 bits per heavy atom. The van der Waals surface area contributed by atoms with Gasteiger partial charge in [0.2, 0.25) is 5.91 Å². The lowest BCUT2D eigenvalue weighted by Gasteiger charge is -2.38. The highest BCUT2D eigenvalue weighted by Gasteiger charge is 2.54. The van der Waals surface area contributed by atoms with Crippen LogP contribution in [0.5, 0.6) is 0 Å². The molecule has 0 aliphatic heterocycles. The summed E-state index contributed by atoms with van der Waals surface area (Å²) in [7, 11) is 0. The summed E-state index contributed by atoms with van der Waals surface area (Å²) in [6.07, 6.45) is 4.99. The van der Waals surface area contributed by atoms with Gasteiger partial charge in [0, 0.05) is 0 Å². The predicted molar refractivity (Wildman–Crippen MR) is 126 cm³/mol. The van der Waals surface area contributed by atoms with Crippen molar-refractivity contribution in [3.05, 3.63) is 35.9 Å². The van der Waals surface area contributed by atoms with Gasteiger partial charge in [0.15, 0.2) is 0 Å². The molecule has 9 heteroatoms. The van der Waals surface area contributed by atoms with Crippen molar-refractivity contribution in [1.82, 2.24) is 5.32 Å². The van der Waals surface area contributed by atoms with Crippen molar-refractivity contribution in [2.75, 3.05) is 0 Å². The first-order chi connectivity index (χ1) is 16.1. The normalized spacial score (nSPS) is 13.9. The lowest BCUT2D eigenvalue weighted by atomic mass is 9.97. The number of carbonyl (C=O) groups is 2. The molecule has 0 radical (unpaired) electrons. The second-order valence-corrected chi connectivity index (χ2v) is 8.75. The van der Waals surface area contributed by atoms with Crippen molar-refractivity contribution in [3.63, 3.8) is 0 Å². The van der Waals surface area contributed by atoms with Gasteiger partial charge in [-0.25, -0.2) is 0 Å². The number of ether oxygens (including phenoxy) is 1. The summed E-state index contributed by atoms with van der Waals surface area (Å²) in [5, 5.41) is 52.0. The minimum absolute atomic E-state index is 0.0665. The maximum atomic E-state index is 12.8. The van der Waals surface area contributed by atoms with E-state index in [1.165, 1.54) is 0 Å². The van der Waals surface area contributed by atoms with E-state index in [1.807, 2.05) is 6.07 Å². The summed E-state index contributed by atoms with van der Waals surface area (Å²) in [4.78, 5) is 25.5. The Kier molecular flexibility index (Phi) is 13.3. The smallest absolute Gasteiger partial charge is 0.318 e. The average molecular weight is 484 g/mol. The van der Waals surface area contributed by atoms with E-state index in [0.29, 0.717) is 12.8 Å². The first-order valence-corrected chi connectivity index (χ1v) is 12.2. The van der Waals surface area contributed by atoms with Crippen molar-refractivity contribution in [1.29, 1.82) is 0 Å². The first-order valence-electron chi connectivity index (χ1n) is 12.2. The topological polar surface area (TPSA) is 157 Å². The Hall–Kier alpha value is -2.04. The van der Waals surface area contributed by atoms with Gasteiger partial charge in [0.1, 0.15) is 18.6 Å². The van der Waals surface area contributed by atoms with Crippen molar-refractivity contribution in [2.45, 2.75) is 102 Å². The van der Waals surface area contributed by atoms with E-state index in [-0.39, 0.29) is 19.4 Å². The molecule has 0 aliphatic carbocycles. The SMILES string of the molecule is CCCCCCCCCC(C(=O)NC(O)(O)C(O)(O)C(O)CCC)C(=O)OCc1ccccc1. The van der Waals surface area contributed by atoms with Crippen LogP contribution >= 0.6 is 0 Å². The molecule has 0 spiro atoms. The van der Waals surface area contributed by atoms with Gasteiger partial charge in [-0.15, -0.1) is 0 Å². The van der Waals surface area contributed by atoms with Crippen LogP contribution in [0.3, 0.4) is 0 Å². The first kappa shape index (κ1) is 30.0. The summed E-state index contributed by atoms with van der Waals surface area (Å²) in [5.41, 5.74) is 0.719. The Labute approximate surface area is 201 Å². The molecule has 1 amide bonds. The average Bonchev–Trinajstić information content (AvgIpc) is 2.79. The van der Waals surface area contributed by atoms with E-state index in [4.69, 9.17) is 4.74 Å². The molecule has 34 heavy (non-hydrogen) atoms. The molecule has 1 aromatic rings. The third-order valence-electron chi connectivity index (χ3n) is 5.76. The molecule has 6 N–H and O–H groups in total. The third-order valence-corrected chi connectivity index (χ3v) is 5.76. The number of rotatable bonds is 17. The number of aliphatic hydroxyl groups excluding tert-OH is 1. The molecule has 194 valence electrons. The number of nitrogens with one attached hydrogen (secondary N) is 1. The number of hydrogen-bond acceptors (Lipinski definition) is 8. The van der Waals surface area contributed by atoms with Crippen molar-refractivity contribution < 1.29 is 39.9 Å². The number of amides is 1. The molecule has 1 aromatic carbocycles. The number of carbonyl (C=O) groups excluding carboxylic acids is 2. The number of aliphatic hydroxyl groups is 5. The van der Waals surface area contributed by atoms with Gasteiger partial charge in [0.05, 0.1) is 0 Å². The Bertz CT molecular complexity index is 723. The van der Waals surface area contributed by atoms with Crippen molar-refractivity contribution in [2.24, 2.45) is 5.92 Å². The molecular formula is C25H41NO8. The van der Waals surface area contributed by atoms with E-state index in [0.717, 1.165) is 44.1 Å². The Balaban J connectivity index is 2.83. The molecule has 0 fully saturated rings. The van der Waals surface area contributed by atoms with Crippen LogP contribution in [0.15, 0.2) is 30.3 Å². The van der Waals surface area contributed by atoms with Crippen LogP contribution < -0.4 is 5.32 Å². The fourth-order valence-corrected chi connectivity index (χ4v) is 3.55. The van der Waals surface area contributed by atoms with Crippen LogP contribution in [-0.2, 0) is 20.9 Å². The van der Waals surface area contributed by atoms with Crippen LogP contribution in [0.1, 0.15) is 83.6 Å². The molecule has 9 nitrogen and oxygen atoms in total. The van der Waals surface area contributed by atoms with Gasteiger partial charge in [0.25, 0.3) is 5.79 Å². The summed E-state index contributed by atoms with van der Waals surface area (Å²) in [6, 6.07) is 8.88. The maximum absolute atomic E-state index is 12.8. The van der Waals surface area contributed by atoms with Gasteiger partial charge < -0.3 is 30.3 Å². The van der Waals surface area contributed by atoms with Gasteiger partial charge in [-0.05, 0) is 18.4 Å². The second-order valence-electron chi connectivity index (χ2n) is 8.75. The number of benzene rings is 1. The summed E-state index contributed by atoms with van der Waals surface area (Å²) in [6.45, 7) is 3.71. The largest absolute Gasteiger partial charge is 0.460 e. The quantitative estimate of drug-likeness (QED) is 0.0851. The van der Waals surface area contributed by atoms with Crippen molar-refractivity contribution >= 4 is 11.9 Å². The molecule has 0 aromatic heterocycles. The van der Waals surface area contributed by atoms with Gasteiger partial charge in [-0.1, -0.05) is 95.5 Å². The number of hydrogen-bond donors (Lipinski definition) is 6. The van der Waals surface area contributed by atoms with Gasteiger partial charge >= 0.3 is 11.9 Å². The lowest BCUT2D eigenvalue weighted by molar-refractivity contribution is -0.392. The molecule has 0 heterocycles. The highest BCUT2D eigenvalue weighted by Crippen LogP contribution is 2.24. The van der Waals surface area contributed by atoms with Crippen molar-refractivity contribution in [3.8, 4) is 0 Å². The van der Waals surface area contributed by atoms with Gasteiger partial charge in [-0.3, -0.25) is 14.9 Å². The van der Waals surface area contributed by atoms with Crippen LogP contribution in [0.25, 0.3) is 0 Å². The molecule has 0 saturated carbocycles. The zero-order valence-corrected chi connectivity index (χ0v) is 20.3. The standard InChI is InChI=1S/C25H41NO8/c1-3-5-6-7-8-9-13-17-20(23(29)34-18-19-15-11-10-12-16-19)22(28)26-25(32,33)24(30,31)21(27)14-4-2/h10-12,15-16,20-21,27,30-33H,3-9,13-14,17-18H2,1-2H3,(H,26,28). The maximum Gasteiger partial charge on any atom is 0.318 e. The van der Waals surface area contributed by atoms with Crippen LogP contribution in [-0.4, -0.2) is 55.2 Å². The Morgan fingerprint density at radius 3 is 2.06 bits per heavy atom. The lowest BCUT2D eigenvalue weighted by Crippen LogP contribution is -2.70. The molecule has 0 saturated heterocycles. The zero-order chi connectivity index (χ0) is 25.6. The summed E-state index contributed by atoms with van der Waals surface area (Å²) in [5.74, 6) is -10.4. The molecule has 2 unspecified atom stereocenters. The predicted octanol–water partition coefficient (Wildman–Crippen LogP) is 2.08. The minimum Gasteiger partial charge on any atom is -0.460 e. The minimum atomic E-state index is -3.59. The Morgan fingerprint density at radius 1 is 0.882 bits per heavy atom. The molecular weight excluding hydrogens is 442 g/mol. The second kappa shape index (κ2) is 15.1. The number of esters is 1. The van der Waals surface area contributed by atoms with E-state index < -0.39 is 35.6 Å². The van der Waals surface area contributed by atoms with E-state index in [1.54, 1.807) is 36.5 Å².